The first-order valence-corrected chi connectivity index (χ1v) is 6.58. The molecule has 0 atom stereocenters. The van der Waals surface area contributed by atoms with Crippen LogP contribution in [0.15, 0.2) is 18.2 Å². The number of nitrogens with zero attached hydrogens (tertiary/aromatic N) is 1. The monoisotopic (exact) mass is 261 g/mol. The number of carbonyl (C=O) groups excluding carboxylic acids is 2. The lowest BCUT2D eigenvalue weighted by Crippen LogP contribution is -2.33. The van der Waals surface area contributed by atoms with Crippen molar-refractivity contribution in [3.8, 4) is 5.75 Å². The Bertz CT molecular complexity index is 496. The van der Waals surface area contributed by atoms with Crippen LogP contribution in [-0.2, 0) is 22.4 Å². The number of Topliss-reactive ketones (excluding diaryl/α,β-unsaturated/α-hetero) is 1. The van der Waals surface area contributed by atoms with Crippen molar-refractivity contribution in [1.29, 1.82) is 0 Å². The van der Waals surface area contributed by atoms with Crippen molar-refractivity contribution >= 4 is 11.7 Å². The Morgan fingerprint density at radius 1 is 1.37 bits per heavy atom. The molecule has 102 valence electrons. The molecule has 1 aromatic rings. The van der Waals surface area contributed by atoms with Crippen LogP contribution >= 0.6 is 0 Å². The molecular formula is C15H19NO3. The molecule has 4 heteroatoms. The molecule has 0 saturated carbocycles. The van der Waals surface area contributed by atoms with Gasteiger partial charge in [0.2, 0.25) is 5.78 Å². The van der Waals surface area contributed by atoms with Crippen LogP contribution in [0.5, 0.6) is 5.75 Å². The first kappa shape index (κ1) is 13.6. The quantitative estimate of drug-likeness (QED) is 0.773. The maximum atomic E-state index is 11.5. The van der Waals surface area contributed by atoms with Crippen LogP contribution in [-0.4, -0.2) is 36.8 Å². The van der Waals surface area contributed by atoms with Crippen molar-refractivity contribution in [1.82, 2.24) is 4.90 Å². The van der Waals surface area contributed by atoms with Crippen LogP contribution in [0.2, 0.25) is 0 Å². The highest BCUT2D eigenvalue weighted by Gasteiger charge is 2.14. The molecule has 1 amide bonds. The highest BCUT2D eigenvalue weighted by atomic mass is 16.5. The first-order valence-electron chi connectivity index (χ1n) is 6.58. The number of fused-ring (bicyclic) bond motifs is 1. The molecule has 0 radical (unpaired) electrons. The summed E-state index contributed by atoms with van der Waals surface area (Å²) < 4.78 is 5.56. The van der Waals surface area contributed by atoms with Crippen molar-refractivity contribution in [2.24, 2.45) is 0 Å². The van der Waals surface area contributed by atoms with E-state index in [-0.39, 0.29) is 0 Å². The molecule has 0 unspecified atom stereocenters. The van der Waals surface area contributed by atoms with Gasteiger partial charge in [0, 0.05) is 20.5 Å². The van der Waals surface area contributed by atoms with Gasteiger partial charge in [-0.15, -0.1) is 0 Å². The molecule has 1 aromatic carbocycles. The summed E-state index contributed by atoms with van der Waals surface area (Å²) in [6, 6.07) is 6.16. The van der Waals surface area contributed by atoms with E-state index in [2.05, 4.69) is 6.07 Å². The van der Waals surface area contributed by atoms with E-state index in [1.165, 1.54) is 23.0 Å². The van der Waals surface area contributed by atoms with E-state index in [1.807, 2.05) is 12.1 Å². The average molecular weight is 261 g/mol. The Kier molecular flexibility index (Phi) is 4.20. The molecule has 0 aliphatic carbocycles. The molecule has 1 heterocycles. The number of benzene rings is 1. The van der Waals surface area contributed by atoms with Gasteiger partial charge in [0.15, 0.2) is 0 Å². The van der Waals surface area contributed by atoms with Crippen molar-refractivity contribution in [3.05, 3.63) is 29.3 Å². The summed E-state index contributed by atoms with van der Waals surface area (Å²) in [5, 5.41) is 0. The zero-order valence-electron chi connectivity index (χ0n) is 11.4. The predicted molar refractivity (Wildman–Crippen MR) is 72.3 cm³/mol. The van der Waals surface area contributed by atoms with E-state index in [4.69, 9.17) is 4.74 Å². The van der Waals surface area contributed by atoms with Gasteiger partial charge in [-0.05, 0) is 36.5 Å². The van der Waals surface area contributed by atoms with Gasteiger partial charge in [-0.3, -0.25) is 9.59 Å². The lowest BCUT2D eigenvalue weighted by atomic mass is 10.0. The number of aryl methyl sites for hydroxylation is 1. The topological polar surface area (TPSA) is 46.6 Å². The molecule has 0 fully saturated rings. The van der Waals surface area contributed by atoms with Crippen LogP contribution in [0.1, 0.15) is 24.5 Å². The van der Waals surface area contributed by atoms with Crippen molar-refractivity contribution < 1.29 is 14.3 Å². The molecule has 2 rings (SSSR count). The Balaban J connectivity index is 1.96. The van der Waals surface area contributed by atoms with E-state index in [1.54, 1.807) is 7.05 Å². The Labute approximate surface area is 113 Å². The van der Waals surface area contributed by atoms with Crippen molar-refractivity contribution in [2.75, 3.05) is 20.2 Å². The van der Waals surface area contributed by atoms with Gasteiger partial charge >= 0.3 is 0 Å². The minimum Gasteiger partial charge on any atom is -0.493 e. The van der Waals surface area contributed by atoms with E-state index in [0.29, 0.717) is 6.54 Å². The number of hydrogen-bond acceptors (Lipinski definition) is 3. The molecule has 4 nitrogen and oxygen atoms in total. The van der Waals surface area contributed by atoms with Gasteiger partial charge in [-0.25, -0.2) is 0 Å². The normalized spacial score (nSPS) is 13.4. The number of hydrogen-bond donors (Lipinski definition) is 0. The minimum atomic E-state index is -0.429. The minimum absolute atomic E-state index is 0.415. The van der Waals surface area contributed by atoms with Crippen LogP contribution in [0.3, 0.4) is 0 Å². The largest absolute Gasteiger partial charge is 0.493 e. The molecule has 0 N–H and O–H groups in total. The molecule has 1 aliphatic heterocycles. The van der Waals surface area contributed by atoms with Gasteiger partial charge in [-0.2, -0.15) is 0 Å². The third-order valence-corrected chi connectivity index (χ3v) is 3.36. The molecule has 0 spiro atoms. The Morgan fingerprint density at radius 3 is 2.89 bits per heavy atom. The summed E-state index contributed by atoms with van der Waals surface area (Å²) in [6.45, 7) is 2.65. The highest BCUT2D eigenvalue weighted by molar-refractivity contribution is 6.34. The lowest BCUT2D eigenvalue weighted by molar-refractivity contribution is -0.142. The standard InChI is InChI=1S/C15H19NO3/c1-11(17)15(18)16(2)8-7-12-5-6-14-13(10-12)4-3-9-19-14/h5-6,10H,3-4,7-9H2,1-2H3. The summed E-state index contributed by atoms with van der Waals surface area (Å²) in [5.41, 5.74) is 2.41. The summed E-state index contributed by atoms with van der Waals surface area (Å²) in [5.74, 6) is 0.130. The average Bonchev–Trinajstić information content (AvgIpc) is 2.43. The van der Waals surface area contributed by atoms with Crippen molar-refractivity contribution in [3.63, 3.8) is 0 Å². The number of rotatable bonds is 4. The predicted octanol–water partition coefficient (Wildman–Crippen LogP) is 1.60. The van der Waals surface area contributed by atoms with E-state index < -0.39 is 11.7 Å². The van der Waals surface area contributed by atoms with Gasteiger partial charge < -0.3 is 9.64 Å². The van der Waals surface area contributed by atoms with E-state index >= 15 is 0 Å². The second-order valence-electron chi connectivity index (χ2n) is 4.93. The number of ether oxygens (including phenoxy) is 1. The molecule has 1 aliphatic rings. The maximum Gasteiger partial charge on any atom is 0.289 e. The number of ketones is 1. The molecular weight excluding hydrogens is 242 g/mol. The zero-order valence-corrected chi connectivity index (χ0v) is 11.4. The summed E-state index contributed by atoms with van der Waals surface area (Å²) in [4.78, 5) is 23.9. The van der Waals surface area contributed by atoms with Gasteiger partial charge in [-0.1, -0.05) is 12.1 Å². The van der Waals surface area contributed by atoms with Gasteiger partial charge in [0.05, 0.1) is 6.61 Å². The van der Waals surface area contributed by atoms with Crippen LogP contribution in [0, 0.1) is 0 Å². The third kappa shape index (κ3) is 3.34. The molecule has 0 aromatic heterocycles. The van der Waals surface area contributed by atoms with Crippen molar-refractivity contribution in [2.45, 2.75) is 26.2 Å². The molecule has 0 bridgehead atoms. The second-order valence-corrected chi connectivity index (χ2v) is 4.93. The summed E-state index contributed by atoms with van der Waals surface area (Å²) >= 11 is 0. The van der Waals surface area contributed by atoms with Crippen LogP contribution in [0.4, 0.5) is 0 Å². The molecule has 19 heavy (non-hydrogen) atoms. The SMILES string of the molecule is CC(=O)C(=O)N(C)CCc1ccc2c(c1)CCCO2. The third-order valence-electron chi connectivity index (χ3n) is 3.36. The maximum absolute atomic E-state index is 11.5. The van der Waals surface area contributed by atoms with E-state index in [0.717, 1.165) is 31.6 Å². The fraction of sp³-hybridized carbons (Fsp3) is 0.467. The van der Waals surface area contributed by atoms with Gasteiger partial charge in [0.25, 0.3) is 5.91 Å². The number of carbonyl (C=O) groups is 2. The summed E-state index contributed by atoms with van der Waals surface area (Å²) in [7, 11) is 1.66. The smallest absolute Gasteiger partial charge is 0.289 e. The number of likely N-dealkylation sites (N-methyl/N-ethyl adjacent to an activating group) is 1. The highest BCUT2D eigenvalue weighted by Crippen LogP contribution is 2.25. The van der Waals surface area contributed by atoms with Crippen LogP contribution < -0.4 is 4.74 Å². The fourth-order valence-corrected chi connectivity index (χ4v) is 2.24. The number of amides is 1. The van der Waals surface area contributed by atoms with Crippen LogP contribution in [0.25, 0.3) is 0 Å². The Morgan fingerprint density at radius 2 is 2.16 bits per heavy atom. The van der Waals surface area contributed by atoms with Gasteiger partial charge in [0.1, 0.15) is 5.75 Å². The first-order chi connectivity index (χ1) is 9.08. The fourth-order valence-electron chi connectivity index (χ4n) is 2.24. The summed E-state index contributed by atoms with van der Waals surface area (Å²) in [6.07, 6.45) is 2.85. The Hall–Kier alpha value is -1.84. The zero-order chi connectivity index (χ0) is 13.8. The van der Waals surface area contributed by atoms with E-state index in [9.17, 15) is 9.59 Å². The lowest BCUT2D eigenvalue weighted by Gasteiger charge is -2.19. The second kappa shape index (κ2) is 5.87. The molecule has 0 saturated heterocycles.